The van der Waals surface area contributed by atoms with E-state index in [-0.39, 0.29) is 17.7 Å². The predicted octanol–water partition coefficient (Wildman–Crippen LogP) is 2.99. The molecule has 0 amide bonds. The van der Waals surface area contributed by atoms with Crippen molar-refractivity contribution in [2.24, 2.45) is 5.84 Å². The molecule has 1 heterocycles. The van der Waals surface area contributed by atoms with Crippen molar-refractivity contribution in [1.82, 2.24) is 4.98 Å². The monoisotopic (exact) mass is 262 g/mol. The highest BCUT2D eigenvalue weighted by Gasteiger charge is 2.31. The second-order valence-electron chi connectivity index (χ2n) is 3.93. The number of aromatic nitrogens is 1. The van der Waals surface area contributed by atoms with Crippen molar-refractivity contribution in [3.8, 4) is 0 Å². The molecule has 7 heteroatoms. The maximum atomic E-state index is 12.7. The quantitative estimate of drug-likeness (QED) is 0.564. The van der Waals surface area contributed by atoms with Crippen LogP contribution < -0.4 is 16.6 Å². The van der Waals surface area contributed by atoms with Crippen LogP contribution in [0.3, 0.4) is 0 Å². The number of rotatable bonds is 5. The van der Waals surface area contributed by atoms with Crippen LogP contribution in [0.25, 0.3) is 0 Å². The summed E-state index contributed by atoms with van der Waals surface area (Å²) in [6.07, 6.45) is -2.81. The van der Waals surface area contributed by atoms with Crippen LogP contribution in [0.2, 0.25) is 0 Å². The molecule has 0 radical (unpaired) electrons. The van der Waals surface area contributed by atoms with Crippen LogP contribution in [-0.2, 0) is 6.18 Å². The largest absolute Gasteiger partial charge is 0.416 e. The smallest absolute Gasteiger partial charge is 0.367 e. The number of nitrogens with one attached hydrogen (secondary N) is 2. The lowest BCUT2D eigenvalue weighted by Gasteiger charge is -2.17. The van der Waals surface area contributed by atoms with Crippen molar-refractivity contribution in [2.45, 2.75) is 38.9 Å². The Morgan fingerprint density at radius 1 is 1.22 bits per heavy atom. The Kier molecular flexibility index (Phi) is 4.77. The van der Waals surface area contributed by atoms with E-state index in [1.807, 2.05) is 13.8 Å². The van der Waals surface area contributed by atoms with Gasteiger partial charge in [-0.05, 0) is 25.0 Å². The summed E-state index contributed by atoms with van der Waals surface area (Å²) in [6, 6.07) is 1.95. The van der Waals surface area contributed by atoms with Gasteiger partial charge in [0, 0.05) is 6.04 Å². The van der Waals surface area contributed by atoms with Crippen LogP contribution in [0.1, 0.15) is 32.3 Å². The first-order chi connectivity index (χ1) is 8.40. The number of alkyl halides is 3. The van der Waals surface area contributed by atoms with Gasteiger partial charge in [0.2, 0.25) is 0 Å². The first-order valence-electron chi connectivity index (χ1n) is 5.73. The fourth-order valence-corrected chi connectivity index (χ4v) is 1.54. The molecule has 1 aromatic heterocycles. The number of nitrogen functional groups attached to an aromatic ring is 1. The highest BCUT2D eigenvalue weighted by atomic mass is 19.4. The molecular formula is C11H17F3N4. The van der Waals surface area contributed by atoms with Crippen LogP contribution >= 0.6 is 0 Å². The lowest BCUT2D eigenvalue weighted by molar-refractivity contribution is -0.137. The number of nitrogens with zero attached hydrogens (tertiary/aromatic N) is 1. The molecule has 0 bridgehead atoms. The SMILES string of the molecule is CCC(CC)Nc1cc(C(F)(F)F)cc(NN)n1. The Bertz CT molecular complexity index is 388. The summed E-state index contributed by atoms with van der Waals surface area (Å²) in [5, 5.41) is 2.96. The molecule has 0 unspecified atom stereocenters. The predicted molar refractivity (Wildman–Crippen MR) is 65.0 cm³/mol. The maximum absolute atomic E-state index is 12.7. The van der Waals surface area contributed by atoms with E-state index in [1.165, 1.54) is 0 Å². The third-order valence-electron chi connectivity index (χ3n) is 2.64. The zero-order chi connectivity index (χ0) is 13.8. The molecule has 0 saturated carbocycles. The van der Waals surface area contributed by atoms with Crippen LogP contribution in [0.4, 0.5) is 24.8 Å². The van der Waals surface area contributed by atoms with Gasteiger partial charge in [-0.3, -0.25) is 0 Å². The van der Waals surface area contributed by atoms with Gasteiger partial charge in [0.25, 0.3) is 0 Å². The minimum atomic E-state index is -4.42. The molecule has 1 rings (SSSR count). The number of hydrogen-bond acceptors (Lipinski definition) is 4. The first-order valence-corrected chi connectivity index (χ1v) is 5.73. The molecule has 0 atom stereocenters. The van der Waals surface area contributed by atoms with Crippen LogP contribution in [0.5, 0.6) is 0 Å². The van der Waals surface area contributed by atoms with E-state index in [2.05, 4.69) is 15.7 Å². The third-order valence-corrected chi connectivity index (χ3v) is 2.64. The Labute approximate surface area is 104 Å². The summed E-state index contributed by atoms with van der Waals surface area (Å²) in [7, 11) is 0. The lowest BCUT2D eigenvalue weighted by atomic mass is 10.1. The van der Waals surface area contributed by atoms with E-state index in [1.54, 1.807) is 0 Å². The molecule has 1 aromatic rings. The van der Waals surface area contributed by atoms with E-state index < -0.39 is 11.7 Å². The van der Waals surface area contributed by atoms with Gasteiger partial charge in [0.05, 0.1) is 5.56 Å². The number of halogens is 3. The summed E-state index contributed by atoms with van der Waals surface area (Å²) in [5.74, 6) is 5.28. The van der Waals surface area contributed by atoms with Gasteiger partial charge in [0.1, 0.15) is 11.6 Å². The molecule has 4 nitrogen and oxygen atoms in total. The average molecular weight is 262 g/mol. The lowest BCUT2D eigenvalue weighted by Crippen LogP contribution is -2.20. The summed E-state index contributed by atoms with van der Waals surface area (Å²) in [6.45, 7) is 3.91. The van der Waals surface area contributed by atoms with Gasteiger partial charge in [-0.2, -0.15) is 13.2 Å². The van der Waals surface area contributed by atoms with Crippen molar-refractivity contribution in [2.75, 3.05) is 10.7 Å². The second-order valence-corrected chi connectivity index (χ2v) is 3.93. The number of hydrazine groups is 1. The number of pyridine rings is 1. The van der Waals surface area contributed by atoms with Crippen molar-refractivity contribution in [3.05, 3.63) is 17.7 Å². The van der Waals surface area contributed by atoms with Crippen molar-refractivity contribution >= 4 is 11.6 Å². The average Bonchev–Trinajstić information content (AvgIpc) is 2.34. The number of anilines is 2. The summed E-state index contributed by atoms with van der Waals surface area (Å²) in [5.41, 5.74) is 1.36. The van der Waals surface area contributed by atoms with Gasteiger partial charge in [-0.15, -0.1) is 0 Å². The maximum Gasteiger partial charge on any atom is 0.416 e. The van der Waals surface area contributed by atoms with Crippen LogP contribution in [0, 0.1) is 0 Å². The standard InChI is InChI=1S/C11H17F3N4/c1-3-8(4-2)16-9-5-7(11(12,13)14)6-10(17-9)18-15/h5-6,8H,3-4,15H2,1-2H3,(H2,16,17,18). The number of hydrogen-bond donors (Lipinski definition) is 3. The molecule has 0 aromatic carbocycles. The topological polar surface area (TPSA) is 63.0 Å². The minimum absolute atomic E-state index is 0.0155. The third kappa shape index (κ3) is 3.76. The Morgan fingerprint density at radius 3 is 2.22 bits per heavy atom. The van der Waals surface area contributed by atoms with Crippen molar-refractivity contribution in [3.63, 3.8) is 0 Å². The summed E-state index contributed by atoms with van der Waals surface area (Å²) in [4.78, 5) is 3.95. The van der Waals surface area contributed by atoms with Gasteiger partial charge in [-0.25, -0.2) is 10.8 Å². The fourth-order valence-electron chi connectivity index (χ4n) is 1.54. The molecule has 18 heavy (non-hydrogen) atoms. The van der Waals surface area contributed by atoms with E-state index >= 15 is 0 Å². The van der Waals surface area contributed by atoms with Gasteiger partial charge >= 0.3 is 6.18 Å². The minimum Gasteiger partial charge on any atom is -0.367 e. The zero-order valence-corrected chi connectivity index (χ0v) is 10.3. The number of nitrogens with two attached hydrogens (primary N) is 1. The Morgan fingerprint density at radius 2 is 1.78 bits per heavy atom. The molecule has 0 fully saturated rings. The molecule has 0 spiro atoms. The van der Waals surface area contributed by atoms with Gasteiger partial charge in [-0.1, -0.05) is 13.8 Å². The van der Waals surface area contributed by atoms with Gasteiger partial charge < -0.3 is 10.7 Å². The van der Waals surface area contributed by atoms with Crippen molar-refractivity contribution < 1.29 is 13.2 Å². The molecule has 102 valence electrons. The Hall–Kier alpha value is -1.50. The Balaban J connectivity index is 3.04. The fraction of sp³-hybridized carbons (Fsp3) is 0.545. The van der Waals surface area contributed by atoms with Crippen LogP contribution in [-0.4, -0.2) is 11.0 Å². The highest BCUT2D eigenvalue weighted by molar-refractivity contribution is 5.49. The van der Waals surface area contributed by atoms with E-state index in [0.29, 0.717) is 0 Å². The van der Waals surface area contributed by atoms with Crippen molar-refractivity contribution in [1.29, 1.82) is 0 Å². The molecule has 4 N–H and O–H groups in total. The van der Waals surface area contributed by atoms with Crippen LogP contribution in [0.15, 0.2) is 12.1 Å². The first kappa shape index (κ1) is 14.6. The molecule has 0 aliphatic carbocycles. The molecular weight excluding hydrogens is 245 g/mol. The molecule has 0 saturated heterocycles. The van der Waals surface area contributed by atoms with E-state index in [4.69, 9.17) is 5.84 Å². The summed E-state index contributed by atoms with van der Waals surface area (Å²) < 4.78 is 38.0. The molecule has 0 aliphatic rings. The molecule has 0 aliphatic heterocycles. The van der Waals surface area contributed by atoms with E-state index in [9.17, 15) is 13.2 Å². The summed E-state index contributed by atoms with van der Waals surface area (Å²) >= 11 is 0. The van der Waals surface area contributed by atoms with Gasteiger partial charge in [0.15, 0.2) is 0 Å². The normalized spacial score (nSPS) is 11.7. The van der Waals surface area contributed by atoms with E-state index in [0.717, 1.165) is 25.0 Å². The second kappa shape index (κ2) is 5.90. The zero-order valence-electron chi connectivity index (χ0n) is 10.3. The highest BCUT2D eigenvalue weighted by Crippen LogP contribution is 2.32.